The highest BCUT2D eigenvalue weighted by Crippen LogP contribution is 2.57. The second-order valence-electron chi connectivity index (χ2n) is 11.4. The van der Waals surface area contributed by atoms with Gasteiger partial charge in [0.15, 0.2) is 8.38 Å². The van der Waals surface area contributed by atoms with E-state index in [2.05, 4.69) is 62.3 Å². The fourth-order valence-electron chi connectivity index (χ4n) is 5.06. The summed E-state index contributed by atoms with van der Waals surface area (Å²) >= 11 is 0. The maximum absolute atomic E-state index is 6.91. The van der Waals surface area contributed by atoms with Crippen LogP contribution in [-0.2, 0) is 9.05 Å². The molecule has 2 saturated carbocycles. The largest absolute Gasteiger partial charge is 0.330 e. The van der Waals surface area contributed by atoms with E-state index >= 15 is 0 Å². The Labute approximate surface area is 171 Å². The van der Waals surface area contributed by atoms with Crippen molar-refractivity contribution in [2.45, 2.75) is 118 Å². The number of hydrogen-bond acceptors (Lipinski definition) is 2. The van der Waals surface area contributed by atoms with Gasteiger partial charge in [-0.1, -0.05) is 75.2 Å². The summed E-state index contributed by atoms with van der Waals surface area (Å²) in [7, 11) is -0.888. The maximum atomic E-state index is 6.91. The van der Waals surface area contributed by atoms with E-state index in [1.807, 2.05) is 0 Å². The molecule has 0 aromatic rings. The van der Waals surface area contributed by atoms with Crippen molar-refractivity contribution in [1.29, 1.82) is 0 Å². The third kappa shape index (κ3) is 6.68. The normalized spacial score (nSPS) is 37.0. The van der Waals surface area contributed by atoms with Gasteiger partial charge >= 0.3 is 0 Å². The van der Waals surface area contributed by atoms with Crippen LogP contribution in [0.25, 0.3) is 0 Å². The summed E-state index contributed by atoms with van der Waals surface area (Å²) in [6.45, 7) is 21.2. The molecule has 3 heteroatoms. The Morgan fingerprint density at radius 2 is 1.07 bits per heavy atom. The molecule has 0 aliphatic heterocycles. The topological polar surface area (TPSA) is 18.5 Å². The van der Waals surface area contributed by atoms with Crippen LogP contribution in [0, 0.1) is 35.5 Å². The Morgan fingerprint density at radius 3 is 1.37 bits per heavy atom. The Balaban J connectivity index is 2.14. The lowest BCUT2D eigenvalue weighted by Crippen LogP contribution is -2.37. The Hall–Kier alpha value is 0.350. The van der Waals surface area contributed by atoms with Gasteiger partial charge in [-0.15, -0.1) is 0 Å². The first-order chi connectivity index (χ1) is 12.5. The Kier molecular flexibility index (Phi) is 8.67. The van der Waals surface area contributed by atoms with Crippen molar-refractivity contribution in [3.8, 4) is 0 Å². The van der Waals surface area contributed by atoms with Gasteiger partial charge in [0.1, 0.15) is 0 Å². The predicted molar refractivity (Wildman–Crippen MR) is 119 cm³/mol. The van der Waals surface area contributed by atoms with Crippen molar-refractivity contribution in [3.05, 3.63) is 0 Å². The predicted octanol–water partition coefficient (Wildman–Crippen LogP) is 8.05. The molecule has 0 spiro atoms. The van der Waals surface area contributed by atoms with Gasteiger partial charge in [-0.05, 0) is 61.2 Å². The van der Waals surface area contributed by atoms with Gasteiger partial charge in [-0.2, -0.15) is 0 Å². The minimum absolute atomic E-state index is 0.0692. The van der Waals surface area contributed by atoms with E-state index in [4.69, 9.17) is 9.05 Å². The van der Waals surface area contributed by atoms with Crippen LogP contribution in [0.5, 0.6) is 0 Å². The van der Waals surface area contributed by atoms with Gasteiger partial charge in [0.2, 0.25) is 0 Å². The second kappa shape index (κ2) is 9.90. The summed E-state index contributed by atoms with van der Waals surface area (Å²) in [5, 5.41) is 0.0692. The molecular formula is C24H47O2P. The molecule has 7 atom stereocenters. The second-order valence-corrected chi connectivity index (χ2v) is 13.6. The van der Waals surface area contributed by atoms with Crippen molar-refractivity contribution >= 4 is 8.38 Å². The first-order valence-electron chi connectivity index (χ1n) is 11.6. The lowest BCUT2D eigenvalue weighted by molar-refractivity contribution is 0.00654. The molecule has 160 valence electrons. The van der Waals surface area contributed by atoms with Crippen LogP contribution in [0.3, 0.4) is 0 Å². The number of rotatable bonds is 6. The third-order valence-corrected chi connectivity index (χ3v) is 8.95. The summed E-state index contributed by atoms with van der Waals surface area (Å²) in [6.07, 6.45) is 8.48. The lowest BCUT2D eigenvalue weighted by Gasteiger charge is -2.44. The first kappa shape index (κ1) is 23.6. The molecule has 0 N–H and O–H groups in total. The molecule has 0 amide bonds. The molecule has 2 nitrogen and oxygen atoms in total. The molecule has 2 aliphatic carbocycles. The van der Waals surface area contributed by atoms with E-state index in [1.165, 1.54) is 38.5 Å². The molecule has 0 bridgehead atoms. The molecule has 2 aliphatic rings. The van der Waals surface area contributed by atoms with E-state index in [1.54, 1.807) is 0 Å². The highest BCUT2D eigenvalue weighted by molar-refractivity contribution is 7.49. The Morgan fingerprint density at radius 1 is 0.704 bits per heavy atom. The highest BCUT2D eigenvalue weighted by Gasteiger charge is 2.41. The zero-order valence-electron chi connectivity index (χ0n) is 19.6. The van der Waals surface area contributed by atoms with Gasteiger partial charge in [-0.3, -0.25) is 0 Å². The first-order valence-corrected chi connectivity index (χ1v) is 12.8. The smallest absolute Gasteiger partial charge is 0.176 e. The molecule has 27 heavy (non-hydrogen) atoms. The summed E-state index contributed by atoms with van der Waals surface area (Å²) in [5.74, 6) is 4.31. The molecular weight excluding hydrogens is 351 g/mol. The number of hydrogen-bond donors (Lipinski definition) is 0. The van der Waals surface area contributed by atoms with Gasteiger partial charge < -0.3 is 9.05 Å². The van der Waals surface area contributed by atoms with Crippen LogP contribution in [0.2, 0.25) is 0 Å². The van der Waals surface area contributed by atoms with Crippen LogP contribution in [0.15, 0.2) is 0 Å². The zero-order valence-corrected chi connectivity index (χ0v) is 20.5. The van der Waals surface area contributed by atoms with Crippen molar-refractivity contribution in [1.82, 2.24) is 0 Å². The lowest BCUT2D eigenvalue weighted by atomic mass is 9.75. The minimum Gasteiger partial charge on any atom is -0.330 e. The summed E-state index contributed by atoms with van der Waals surface area (Å²) < 4.78 is 13.8. The van der Waals surface area contributed by atoms with E-state index in [0.717, 1.165) is 11.8 Å². The van der Waals surface area contributed by atoms with E-state index < -0.39 is 8.38 Å². The zero-order chi connectivity index (χ0) is 20.4. The van der Waals surface area contributed by atoms with Gasteiger partial charge in [0, 0.05) is 5.16 Å². The van der Waals surface area contributed by atoms with Gasteiger partial charge in [-0.25, -0.2) is 0 Å². The third-order valence-electron chi connectivity index (χ3n) is 6.93. The molecule has 0 radical (unpaired) electrons. The van der Waals surface area contributed by atoms with Gasteiger partial charge in [0.05, 0.1) is 12.2 Å². The standard InChI is InChI=1S/C24H47O2P/c1-16(2)20-12-10-18(5)14-22(20)25-27(24(7,8)9)26-23-15-19(6)11-13-21(23)17(3)4/h16-23H,10-15H2,1-9H3/t18?,19?,20?,21?,22-,23?,27?/m1/s1. The molecule has 0 heterocycles. The minimum atomic E-state index is -0.888. The van der Waals surface area contributed by atoms with Crippen LogP contribution in [0.4, 0.5) is 0 Å². The van der Waals surface area contributed by atoms with Crippen LogP contribution in [-0.4, -0.2) is 17.4 Å². The summed E-state index contributed by atoms with van der Waals surface area (Å²) in [5.41, 5.74) is 0. The highest BCUT2D eigenvalue weighted by atomic mass is 31.2. The van der Waals surface area contributed by atoms with Crippen molar-refractivity contribution < 1.29 is 9.05 Å². The molecule has 0 saturated heterocycles. The average Bonchev–Trinajstić information content (AvgIpc) is 2.53. The monoisotopic (exact) mass is 398 g/mol. The van der Waals surface area contributed by atoms with Crippen LogP contribution in [0.1, 0.15) is 101 Å². The van der Waals surface area contributed by atoms with Crippen molar-refractivity contribution in [3.63, 3.8) is 0 Å². The van der Waals surface area contributed by atoms with Crippen LogP contribution >= 0.6 is 8.38 Å². The molecule has 2 fully saturated rings. The average molecular weight is 399 g/mol. The van der Waals surface area contributed by atoms with E-state index in [-0.39, 0.29) is 5.16 Å². The summed E-state index contributed by atoms with van der Waals surface area (Å²) in [4.78, 5) is 0. The van der Waals surface area contributed by atoms with Crippen LogP contribution < -0.4 is 0 Å². The van der Waals surface area contributed by atoms with E-state index in [9.17, 15) is 0 Å². The van der Waals surface area contributed by atoms with Crippen molar-refractivity contribution in [2.75, 3.05) is 0 Å². The van der Waals surface area contributed by atoms with E-state index in [0.29, 0.717) is 35.9 Å². The molecule has 0 aromatic carbocycles. The fraction of sp³-hybridized carbons (Fsp3) is 1.00. The Bertz CT molecular complexity index is 408. The molecule has 0 aromatic heterocycles. The SMILES string of the molecule is CC1CCC(C(C)C)C(OP(O[C@@H]2CC(C)CCC2C(C)C)C(C)(C)C)C1. The summed E-state index contributed by atoms with van der Waals surface area (Å²) in [6, 6.07) is 0. The van der Waals surface area contributed by atoms with Crippen molar-refractivity contribution in [2.24, 2.45) is 35.5 Å². The maximum Gasteiger partial charge on any atom is 0.176 e. The quantitative estimate of drug-likeness (QED) is 0.421. The molecule has 6 unspecified atom stereocenters. The fourth-order valence-corrected chi connectivity index (χ4v) is 6.72. The molecule has 2 rings (SSSR count). The van der Waals surface area contributed by atoms with Gasteiger partial charge in [0.25, 0.3) is 0 Å².